The SMILES string of the molecule is O=C1CC[C@@H](C(=O)Nc2cccnc2C(=O)O)N1. The average Bonchev–Trinajstić information content (AvgIpc) is 2.76. The van der Waals surface area contributed by atoms with Crippen molar-refractivity contribution < 1.29 is 19.5 Å². The van der Waals surface area contributed by atoms with Gasteiger partial charge in [-0.2, -0.15) is 0 Å². The average molecular weight is 249 g/mol. The maximum Gasteiger partial charge on any atom is 0.356 e. The molecule has 1 aliphatic heterocycles. The molecule has 18 heavy (non-hydrogen) atoms. The number of carbonyl (C=O) groups excluding carboxylic acids is 2. The number of hydrogen-bond donors (Lipinski definition) is 3. The summed E-state index contributed by atoms with van der Waals surface area (Å²) in [6.07, 6.45) is 2.04. The fourth-order valence-corrected chi connectivity index (χ4v) is 1.71. The first kappa shape index (κ1) is 12.0. The largest absolute Gasteiger partial charge is 0.476 e. The number of carboxylic acids is 1. The fourth-order valence-electron chi connectivity index (χ4n) is 1.71. The summed E-state index contributed by atoms with van der Waals surface area (Å²) in [5, 5.41) is 13.9. The summed E-state index contributed by atoms with van der Waals surface area (Å²) in [7, 11) is 0. The molecule has 1 aromatic rings. The Morgan fingerprint density at radius 3 is 2.89 bits per heavy atom. The molecule has 0 spiro atoms. The Balaban J connectivity index is 2.12. The summed E-state index contributed by atoms with van der Waals surface area (Å²) in [4.78, 5) is 37.3. The van der Waals surface area contributed by atoms with Crippen LogP contribution in [0.25, 0.3) is 0 Å². The Morgan fingerprint density at radius 2 is 2.28 bits per heavy atom. The lowest BCUT2D eigenvalue weighted by Gasteiger charge is -2.11. The summed E-state index contributed by atoms with van der Waals surface area (Å²) in [5.74, 6) is -1.84. The van der Waals surface area contributed by atoms with Crippen LogP contribution in [-0.2, 0) is 9.59 Å². The van der Waals surface area contributed by atoms with Crippen LogP contribution in [0.5, 0.6) is 0 Å². The van der Waals surface area contributed by atoms with Crippen molar-refractivity contribution in [1.82, 2.24) is 10.3 Å². The highest BCUT2D eigenvalue weighted by molar-refractivity contribution is 6.02. The van der Waals surface area contributed by atoms with Crippen molar-refractivity contribution in [3.8, 4) is 0 Å². The Bertz CT molecular complexity index is 515. The van der Waals surface area contributed by atoms with Gasteiger partial charge in [0.05, 0.1) is 5.69 Å². The Labute approximate surface area is 102 Å². The van der Waals surface area contributed by atoms with Crippen LogP contribution in [0.15, 0.2) is 18.3 Å². The van der Waals surface area contributed by atoms with E-state index in [1.807, 2.05) is 0 Å². The summed E-state index contributed by atoms with van der Waals surface area (Å²) in [6.45, 7) is 0. The molecule has 1 aliphatic rings. The van der Waals surface area contributed by atoms with Gasteiger partial charge in [-0.1, -0.05) is 0 Å². The maximum absolute atomic E-state index is 11.8. The van der Waals surface area contributed by atoms with E-state index in [9.17, 15) is 14.4 Å². The third kappa shape index (κ3) is 2.45. The topological polar surface area (TPSA) is 108 Å². The lowest BCUT2D eigenvalue weighted by atomic mass is 10.2. The van der Waals surface area contributed by atoms with E-state index in [2.05, 4.69) is 15.6 Å². The predicted molar refractivity (Wildman–Crippen MR) is 61.0 cm³/mol. The lowest BCUT2D eigenvalue weighted by Crippen LogP contribution is -2.37. The second-order valence-electron chi connectivity index (χ2n) is 3.85. The third-order valence-corrected chi connectivity index (χ3v) is 2.58. The van der Waals surface area contributed by atoms with Gasteiger partial charge in [0, 0.05) is 12.6 Å². The smallest absolute Gasteiger partial charge is 0.356 e. The number of nitrogens with one attached hydrogen (secondary N) is 2. The molecule has 0 unspecified atom stereocenters. The molecule has 2 heterocycles. The molecule has 94 valence electrons. The Morgan fingerprint density at radius 1 is 1.50 bits per heavy atom. The third-order valence-electron chi connectivity index (χ3n) is 2.58. The second-order valence-corrected chi connectivity index (χ2v) is 3.85. The highest BCUT2D eigenvalue weighted by Gasteiger charge is 2.28. The fraction of sp³-hybridized carbons (Fsp3) is 0.273. The number of aromatic carboxylic acids is 1. The van der Waals surface area contributed by atoms with E-state index in [1.54, 1.807) is 0 Å². The van der Waals surface area contributed by atoms with Crippen LogP contribution in [0.3, 0.4) is 0 Å². The minimum Gasteiger partial charge on any atom is -0.476 e. The van der Waals surface area contributed by atoms with E-state index in [4.69, 9.17) is 5.11 Å². The van der Waals surface area contributed by atoms with Crippen LogP contribution < -0.4 is 10.6 Å². The molecule has 7 nitrogen and oxygen atoms in total. The number of carboxylic acid groups (broad SMARTS) is 1. The van der Waals surface area contributed by atoms with Gasteiger partial charge in [-0.3, -0.25) is 9.59 Å². The molecule has 0 bridgehead atoms. The van der Waals surface area contributed by atoms with Gasteiger partial charge in [0.25, 0.3) is 0 Å². The molecule has 1 saturated heterocycles. The van der Waals surface area contributed by atoms with E-state index in [1.165, 1.54) is 18.3 Å². The van der Waals surface area contributed by atoms with Crippen molar-refractivity contribution in [3.63, 3.8) is 0 Å². The van der Waals surface area contributed by atoms with Crippen molar-refractivity contribution in [2.45, 2.75) is 18.9 Å². The molecule has 1 aromatic heterocycles. The number of hydrogen-bond acceptors (Lipinski definition) is 4. The normalized spacial score (nSPS) is 18.2. The molecule has 2 amide bonds. The molecular formula is C11H11N3O4. The van der Waals surface area contributed by atoms with Crippen molar-refractivity contribution in [2.24, 2.45) is 0 Å². The lowest BCUT2D eigenvalue weighted by molar-refractivity contribution is -0.122. The number of aromatic nitrogens is 1. The van der Waals surface area contributed by atoms with Crippen LogP contribution in [0, 0.1) is 0 Å². The first-order valence-corrected chi connectivity index (χ1v) is 5.36. The van der Waals surface area contributed by atoms with Gasteiger partial charge in [-0.15, -0.1) is 0 Å². The highest BCUT2D eigenvalue weighted by Crippen LogP contribution is 2.14. The van der Waals surface area contributed by atoms with Crippen LogP contribution in [0.2, 0.25) is 0 Å². The molecule has 0 radical (unpaired) electrons. The molecule has 3 N–H and O–H groups in total. The number of nitrogens with zero attached hydrogens (tertiary/aromatic N) is 1. The number of pyridine rings is 1. The number of amides is 2. The molecule has 0 aliphatic carbocycles. The maximum atomic E-state index is 11.8. The number of carbonyl (C=O) groups is 3. The van der Waals surface area contributed by atoms with Gasteiger partial charge >= 0.3 is 5.97 Å². The number of rotatable bonds is 3. The van der Waals surface area contributed by atoms with E-state index in [0.29, 0.717) is 12.8 Å². The van der Waals surface area contributed by atoms with Gasteiger partial charge in [0.2, 0.25) is 11.8 Å². The van der Waals surface area contributed by atoms with Gasteiger partial charge in [-0.05, 0) is 18.6 Å². The minimum atomic E-state index is -1.22. The van der Waals surface area contributed by atoms with Crippen molar-refractivity contribution in [1.29, 1.82) is 0 Å². The Kier molecular flexibility index (Phi) is 3.22. The zero-order valence-electron chi connectivity index (χ0n) is 9.34. The van der Waals surface area contributed by atoms with E-state index in [-0.39, 0.29) is 17.3 Å². The first-order valence-electron chi connectivity index (χ1n) is 5.36. The van der Waals surface area contributed by atoms with Crippen LogP contribution in [0.4, 0.5) is 5.69 Å². The summed E-state index contributed by atoms with van der Waals surface area (Å²) < 4.78 is 0. The van der Waals surface area contributed by atoms with Gasteiger partial charge in [0.1, 0.15) is 6.04 Å². The monoisotopic (exact) mass is 249 g/mol. The molecule has 1 fully saturated rings. The van der Waals surface area contributed by atoms with Gasteiger partial charge in [-0.25, -0.2) is 9.78 Å². The Hall–Kier alpha value is -2.44. The first-order chi connectivity index (χ1) is 8.58. The van der Waals surface area contributed by atoms with Gasteiger partial charge < -0.3 is 15.7 Å². The molecule has 1 atom stereocenters. The van der Waals surface area contributed by atoms with Crippen LogP contribution >= 0.6 is 0 Å². The molecule has 0 saturated carbocycles. The molecule has 7 heteroatoms. The molecular weight excluding hydrogens is 238 g/mol. The molecule has 0 aromatic carbocycles. The van der Waals surface area contributed by atoms with E-state index >= 15 is 0 Å². The number of anilines is 1. The zero-order chi connectivity index (χ0) is 13.1. The summed E-state index contributed by atoms with van der Waals surface area (Å²) >= 11 is 0. The summed E-state index contributed by atoms with van der Waals surface area (Å²) in [6, 6.07) is 2.36. The highest BCUT2D eigenvalue weighted by atomic mass is 16.4. The quantitative estimate of drug-likeness (QED) is 0.698. The van der Waals surface area contributed by atoms with Gasteiger partial charge in [0.15, 0.2) is 5.69 Å². The second kappa shape index (κ2) is 4.82. The predicted octanol–water partition coefficient (Wildman–Crippen LogP) is -0.00310. The van der Waals surface area contributed by atoms with Crippen LogP contribution in [-0.4, -0.2) is 33.9 Å². The van der Waals surface area contributed by atoms with Crippen LogP contribution in [0.1, 0.15) is 23.3 Å². The standard InChI is InChI=1S/C11H11N3O4/c15-8-4-3-7(13-8)10(16)14-6-2-1-5-12-9(6)11(17)18/h1-2,5,7H,3-4H2,(H,13,15)(H,14,16)(H,17,18)/t7-/m0/s1. The van der Waals surface area contributed by atoms with Crippen molar-refractivity contribution in [2.75, 3.05) is 5.32 Å². The van der Waals surface area contributed by atoms with Crippen molar-refractivity contribution in [3.05, 3.63) is 24.0 Å². The zero-order valence-corrected chi connectivity index (χ0v) is 9.34. The minimum absolute atomic E-state index is 0.121. The van der Waals surface area contributed by atoms with E-state index in [0.717, 1.165) is 0 Å². The van der Waals surface area contributed by atoms with Crippen molar-refractivity contribution >= 4 is 23.5 Å². The summed E-state index contributed by atoms with van der Waals surface area (Å²) in [5.41, 5.74) is -0.105. The molecule has 2 rings (SSSR count). The van der Waals surface area contributed by atoms with E-state index < -0.39 is 17.9 Å².